The highest BCUT2D eigenvalue weighted by atomic mass is 19.4. The number of anilines is 3. The number of nitrogens with one attached hydrogen (secondary N) is 1. The molecule has 0 atom stereocenters. The number of aromatic carboxylic acids is 1. The molecule has 0 amide bonds. The molecule has 0 unspecified atom stereocenters. The van der Waals surface area contributed by atoms with Crippen molar-refractivity contribution < 1.29 is 23.1 Å². The van der Waals surface area contributed by atoms with Gasteiger partial charge in [-0.2, -0.15) is 13.2 Å². The average molecular weight is 347 g/mol. The van der Waals surface area contributed by atoms with E-state index in [0.29, 0.717) is 11.4 Å². The van der Waals surface area contributed by atoms with Crippen LogP contribution in [0.3, 0.4) is 0 Å². The van der Waals surface area contributed by atoms with E-state index in [4.69, 9.17) is 5.73 Å². The monoisotopic (exact) mass is 347 g/mol. The van der Waals surface area contributed by atoms with E-state index in [0.717, 1.165) is 12.3 Å². The van der Waals surface area contributed by atoms with Crippen LogP contribution in [0.15, 0.2) is 48.7 Å². The zero-order chi connectivity index (χ0) is 18.2. The highest BCUT2D eigenvalue weighted by Crippen LogP contribution is 2.37. The van der Waals surface area contributed by atoms with E-state index in [9.17, 15) is 23.1 Å². The van der Waals surface area contributed by atoms with Gasteiger partial charge in [0.2, 0.25) is 0 Å². The summed E-state index contributed by atoms with van der Waals surface area (Å²) in [4.78, 5) is 15.2. The number of benzene rings is 2. The fraction of sp³-hybridized carbons (Fsp3) is 0.0588. The molecule has 2 aromatic carbocycles. The molecule has 1 heterocycles. The molecule has 3 aromatic rings. The van der Waals surface area contributed by atoms with E-state index >= 15 is 0 Å². The molecule has 0 aliphatic rings. The van der Waals surface area contributed by atoms with Crippen molar-refractivity contribution in [1.29, 1.82) is 0 Å². The van der Waals surface area contributed by atoms with Crippen LogP contribution in [0.4, 0.5) is 30.2 Å². The van der Waals surface area contributed by atoms with Crippen LogP contribution in [0.1, 0.15) is 15.9 Å². The van der Waals surface area contributed by atoms with Crippen molar-refractivity contribution in [3.8, 4) is 0 Å². The Kier molecular flexibility index (Phi) is 3.96. The number of fused-ring (bicyclic) bond motifs is 1. The molecule has 0 aliphatic carbocycles. The van der Waals surface area contributed by atoms with E-state index in [1.807, 2.05) is 0 Å². The summed E-state index contributed by atoms with van der Waals surface area (Å²) in [5, 5.41) is 12.3. The van der Waals surface area contributed by atoms with Gasteiger partial charge in [0.15, 0.2) is 0 Å². The Labute approximate surface area is 139 Å². The van der Waals surface area contributed by atoms with Gasteiger partial charge in [0.05, 0.1) is 16.8 Å². The molecular weight excluding hydrogens is 335 g/mol. The maximum absolute atomic E-state index is 13.2. The molecule has 0 saturated carbocycles. The lowest BCUT2D eigenvalue weighted by Gasteiger charge is -2.15. The molecule has 8 heteroatoms. The molecule has 128 valence electrons. The van der Waals surface area contributed by atoms with Gasteiger partial charge in [-0.15, -0.1) is 0 Å². The summed E-state index contributed by atoms with van der Waals surface area (Å²) >= 11 is 0. The minimum atomic E-state index is -4.60. The molecule has 0 radical (unpaired) electrons. The Morgan fingerprint density at radius 2 is 1.80 bits per heavy atom. The summed E-state index contributed by atoms with van der Waals surface area (Å²) in [6.07, 6.45) is -3.69. The molecule has 25 heavy (non-hydrogen) atoms. The Bertz CT molecular complexity index is 954. The number of carboxylic acid groups (broad SMARTS) is 1. The molecule has 4 N–H and O–H groups in total. The number of halogens is 3. The first kappa shape index (κ1) is 16.6. The molecule has 3 rings (SSSR count). The van der Waals surface area contributed by atoms with E-state index in [1.165, 1.54) is 12.1 Å². The number of nitrogens with two attached hydrogens (primary N) is 1. The lowest BCUT2D eigenvalue weighted by atomic mass is 10.0. The quantitative estimate of drug-likeness (QED) is 0.616. The van der Waals surface area contributed by atoms with Crippen LogP contribution < -0.4 is 11.1 Å². The second-order valence-corrected chi connectivity index (χ2v) is 5.30. The van der Waals surface area contributed by atoms with Crippen molar-refractivity contribution in [3.05, 3.63) is 59.8 Å². The summed E-state index contributed by atoms with van der Waals surface area (Å²) in [6, 6.07) is 9.89. The average Bonchev–Trinajstić information content (AvgIpc) is 2.55. The van der Waals surface area contributed by atoms with Crippen LogP contribution in [0.5, 0.6) is 0 Å². The Balaban J connectivity index is 2.24. The van der Waals surface area contributed by atoms with Crippen molar-refractivity contribution in [3.63, 3.8) is 0 Å². The van der Waals surface area contributed by atoms with Crippen LogP contribution in [-0.2, 0) is 6.18 Å². The lowest BCUT2D eigenvalue weighted by molar-refractivity contribution is -0.136. The number of alkyl halides is 3. The molecule has 0 spiro atoms. The normalized spacial score (nSPS) is 11.5. The van der Waals surface area contributed by atoms with Gasteiger partial charge in [0.1, 0.15) is 5.56 Å². The maximum Gasteiger partial charge on any atom is 0.418 e. The largest absolute Gasteiger partial charge is 0.478 e. The Hall–Kier alpha value is -3.29. The minimum Gasteiger partial charge on any atom is -0.478 e. The third-order valence-electron chi connectivity index (χ3n) is 3.61. The van der Waals surface area contributed by atoms with Gasteiger partial charge in [-0.25, -0.2) is 4.79 Å². The molecule has 0 aliphatic heterocycles. The summed E-state index contributed by atoms with van der Waals surface area (Å²) in [5.41, 5.74) is 5.14. The Morgan fingerprint density at radius 1 is 1.12 bits per heavy atom. The number of rotatable bonds is 3. The van der Waals surface area contributed by atoms with Gasteiger partial charge in [0.25, 0.3) is 0 Å². The van der Waals surface area contributed by atoms with Gasteiger partial charge in [-0.1, -0.05) is 12.1 Å². The summed E-state index contributed by atoms with van der Waals surface area (Å²) in [6.45, 7) is 0. The number of para-hydroxylation sites is 1. The fourth-order valence-electron chi connectivity index (χ4n) is 2.46. The van der Waals surface area contributed by atoms with Gasteiger partial charge in [0, 0.05) is 23.0 Å². The van der Waals surface area contributed by atoms with Gasteiger partial charge < -0.3 is 16.2 Å². The smallest absolute Gasteiger partial charge is 0.418 e. The van der Waals surface area contributed by atoms with Crippen molar-refractivity contribution in [2.75, 3.05) is 11.1 Å². The lowest BCUT2D eigenvalue weighted by Crippen LogP contribution is -2.09. The third-order valence-corrected chi connectivity index (χ3v) is 3.61. The second-order valence-electron chi connectivity index (χ2n) is 5.30. The predicted molar refractivity (Wildman–Crippen MR) is 87.8 cm³/mol. The van der Waals surface area contributed by atoms with Crippen molar-refractivity contribution in [2.45, 2.75) is 6.18 Å². The van der Waals surface area contributed by atoms with E-state index in [1.54, 1.807) is 24.3 Å². The first-order valence-electron chi connectivity index (χ1n) is 7.12. The summed E-state index contributed by atoms with van der Waals surface area (Å²) in [7, 11) is 0. The number of aromatic nitrogens is 1. The van der Waals surface area contributed by atoms with Crippen LogP contribution in [0.2, 0.25) is 0 Å². The summed E-state index contributed by atoms with van der Waals surface area (Å²) < 4.78 is 39.6. The fourth-order valence-corrected chi connectivity index (χ4v) is 2.46. The van der Waals surface area contributed by atoms with Gasteiger partial charge >= 0.3 is 12.1 Å². The highest BCUT2D eigenvalue weighted by Gasteiger charge is 2.33. The third kappa shape index (κ3) is 3.18. The molecule has 0 fully saturated rings. The van der Waals surface area contributed by atoms with Crippen LogP contribution >= 0.6 is 0 Å². The first-order valence-corrected chi connectivity index (χ1v) is 7.12. The number of nitrogen functional groups attached to an aromatic ring is 1. The molecule has 0 bridgehead atoms. The SMILES string of the molecule is Nc1ccc(Nc2c(C(=O)O)cnc3c(C(F)(F)F)cccc23)cc1. The number of hydrogen-bond donors (Lipinski definition) is 3. The van der Waals surface area contributed by atoms with Crippen LogP contribution in [-0.4, -0.2) is 16.1 Å². The van der Waals surface area contributed by atoms with E-state index < -0.39 is 17.7 Å². The van der Waals surface area contributed by atoms with Crippen molar-refractivity contribution in [1.82, 2.24) is 4.98 Å². The molecular formula is C17H12F3N3O2. The molecule has 5 nitrogen and oxygen atoms in total. The maximum atomic E-state index is 13.2. The van der Waals surface area contributed by atoms with Gasteiger partial charge in [-0.05, 0) is 30.3 Å². The molecule has 1 aromatic heterocycles. The van der Waals surface area contributed by atoms with Crippen molar-refractivity contribution in [2.24, 2.45) is 0 Å². The zero-order valence-corrected chi connectivity index (χ0v) is 12.6. The number of carbonyl (C=O) groups is 1. The number of carboxylic acids is 1. The minimum absolute atomic E-state index is 0.0355. The first-order chi connectivity index (χ1) is 11.8. The number of nitrogens with zero attached hydrogens (tertiary/aromatic N) is 1. The Morgan fingerprint density at radius 3 is 2.40 bits per heavy atom. The van der Waals surface area contributed by atoms with Gasteiger partial charge in [-0.3, -0.25) is 4.98 Å². The van der Waals surface area contributed by atoms with Crippen LogP contribution in [0, 0.1) is 0 Å². The topological polar surface area (TPSA) is 88.2 Å². The zero-order valence-electron chi connectivity index (χ0n) is 12.6. The van der Waals surface area contributed by atoms with Crippen molar-refractivity contribution >= 4 is 33.9 Å². The van der Waals surface area contributed by atoms with Crippen LogP contribution in [0.25, 0.3) is 10.9 Å². The van der Waals surface area contributed by atoms with E-state index in [2.05, 4.69) is 10.3 Å². The predicted octanol–water partition coefficient (Wildman–Crippen LogP) is 4.28. The second kappa shape index (κ2) is 5.97. The highest BCUT2D eigenvalue weighted by molar-refractivity contribution is 6.06. The number of pyridine rings is 1. The number of hydrogen-bond acceptors (Lipinski definition) is 4. The summed E-state index contributed by atoms with van der Waals surface area (Å²) in [5.74, 6) is -1.30. The molecule has 0 saturated heterocycles. The standard InChI is InChI=1S/C17H12F3N3O2/c18-17(19,20)13-3-1-2-11-14(12(16(24)25)8-22-15(11)13)23-10-6-4-9(21)5-7-10/h1-8H,21H2,(H,22,23)(H,24,25). The van der Waals surface area contributed by atoms with E-state index in [-0.39, 0.29) is 22.2 Å².